The fraction of sp³-hybridized carbons (Fsp3) is 0.294. The van der Waals surface area contributed by atoms with Crippen LogP contribution in [0.3, 0.4) is 0 Å². The van der Waals surface area contributed by atoms with Gasteiger partial charge in [-0.05, 0) is 38.1 Å². The number of nitrogens with one attached hydrogen (secondary N) is 1. The summed E-state index contributed by atoms with van der Waals surface area (Å²) < 4.78 is 70.9. The molecule has 4 nitrogen and oxygen atoms in total. The van der Waals surface area contributed by atoms with Crippen LogP contribution in [0.2, 0.25) is 0 Å². The zero-order chi connectivity index (χ0) is 18.8. The number of sulfonamides is 1. The number of halogens is 3. The molecule has 0 spiro atoms. The highest BCUT2D eigenvalue weighted by Crippen LogP contribution is 2.31. The van der Waals surface area contributed by atoms with E-state index in [1.54, 1.807) is 19.1 Å². The van der Waals surface area contributed by atoms with Crippen molar-refractivity contribution < 1.29 is 26.3 Å². The summed E-state index contributed by atoms with van der Waals surface area (Å²) in [4.78, 5) is -0.444. The summed E-state index contributed by atoms with van der Waals surface area (Å²) in [6, 6.07) is 8.23. The second kappa shape index (κ2) is 7.05. The predicted octanol–water partition coefficient (Wildman–Crippen LogP) is 4.06. The van der Waals surface area contributed by atoms with Gasteiger partial charge in [-0.3, -0.25) is 0 Å². The van der Waals surface area contributed by atoms with Crippen LogP contribution in [0.15, 0.2) is 47.4 Å². The molecule has 0 aliphatic carbocycles. The largest absolute Gasteiger partial charge is 0.496 e. The van der Waals surface area contributed by atoms with E-state index in [0.717, 1.165) is 23.8 Å². The second-order valence-electron chi connectivity index (χ2n) is 5.61. The maximum atomic E-state index is 12.8. The third-order valence-electron chi connectivity index (χ3n) is 3.66. The van der Waals surface area contributed by atoms with Gasteiger partial charge in [0.1, 0.15) is 5.75 Å². The van der Waals surface area contributed by atoms with Crippen LogP contribution in [-0.4, -0.2) is 15.5 Å². The smallest absolute Gasteiger partial charge is 0.416 e. The van der Waals surface area contributed by atoms with Crippen molar-refractivity contribution in [3.63, 3.8) is 0 Å². The van der Waals surface area contributed by atoms with Gasteiger partial charge in [0, 0.05) is 11.6 Å². The van der Waals surface area contributed by atoms with Crippen LogP contribution in [0.5, 0.6) is 5.75 Å². The lowest BCUT2D eigenvalue weighted by Crippen LogP contribution is -2.27. The van der Waals surface area contributed by atoms with E-state index in [0.29, 0.717) is 17.4 Å². The highest BCUT2D eigenvalue weighted by Gasteiger charge is 2.32. The van der Waals surface area contributed by atoms with Gasteiger partial charge in [0.05, 0.1) is 17.6 Å². The van der Waals surface area contributed by atoms with E-state index < -0.39 is 32.7 Å². The number of ether oxygens (including phenoxy) is 1. The normalized spacial score (nSPS) is 13.5. The first-order valence-corrected chi connectivity index (χ1v) is 8.87. The third-order valence-corrected chi connectivity index (χ3v) is 5.19. The van der Waals surface area contributed by atoms with E-state index in [4.69, 9.17) is 4.74 Å². The van der Waals surface area contributed by atoms with Gasteiger partial charge in [0.25, 0.3) is 0 Å². The molecule has 0 fully saturated rings. The fourth-order valence-corrected chi connectivity index (χ4v) is 3.66. The van der Waals surface area contributed by atoms with Crippen LogP contribution in [0.25, 0.3) is 0 Å². The Balaban J connectivity index is 2.35. The van der Waals surface area contributed by atoms with Gasteiger partial charge in [-0.2, -0.15) is 13.2 Å². The number of methoxy groups -OCH3 is 1. The molecule has 1 atom stereocenters. The zero-order valence-electron chi connectivity index (χ0n) is 13.9. The SMILES string of the molecule is COc1ccc(C)cc1C(C)NS(=O)(=O)c1cccc(C(F)(F)F)c1. The van der Waals surface area contributed by atoms with Crippen molar-refractivity contribution in [2.45, 2.75) is 31.0 Å². The number of benzene rings is 2. The van der Waals surface area contributed by atoms with Crippen LogP contribution in [0.4, 0.5) is 13.2 Å². The van der Waals surface area contributed by atoms with E-state index in [1.807, 2.05) is 13.0 Å². The van der Waals surface area contributed by atoms with E-state index in [1.165, 1.54) is 7.11 Å². The number of hydrogen-bond acceptors (Lipinski definition) is 3. The van der Waals surface area contributed by atoms with Gasteiger partial charge in [0.15, 0.2) is 0 Å². The standard InChI is InChI=1S/C17H18F3NO3S/c1-11-7-8-16(24-3)15(9-11)12(2)21-25(22,23)14-6-4-5-13(10-14)17(18,19)20/h4-10,12,21H,1-3H3. The minimum Gasteiger partial charge on any atom is -0.496 e. The molecule has 2 rings (SSSR count). The molecule has 0 bridgehead atoms. The quantitative estimate of drug-likeness (QED) is 0.860. The van der Waals surface area contributed by atoms with Gasteiger partial charge in [0.2, 0.25) is 10.0 Å². The molecule has 136 valence electrons. The van der Waals surface area contributed by atoms with Gasteiger partial charge in [-0.25, -0.2) is 13.1 Å². The van der Waals surface area contributed by atoms with Crippen molar-refractivity contribution in [2.24, 2.45) is 0 Å². The van der Waals surface area contributed by atoms with Crippen molar-refractivity contribution in [3.05, 3.63) is 59.2 Å². The average Bonchev–Trinajstić information content (AvgIpc) is 2.53. The van der Waals surface area contributed by atoms with Crippen LogP contribution < -0.4 is 9.46 Å². The topological polar surface area (TPSA) is 55.4 Å². The van der Waals surface area contributed by atoms with Crippen molar-refractivity contribution in [2.75, 3.05) is 7.11 Å². The molecule has 0 aliphatic heterocycles. The van der Waals surface area contributed by atoms with Crippen molar-refractivity contribution in [3.8, 4) is 5.75 Å². The maximum Gasteiger partial charge on any atom is 0.416 e. The molecule has 0 amide bonds. The summed E-state index contributed by atoms with van der Waals surface area (Å²) in [6.45, 7) is 3.44. The summed E-state index contributed by atoms with van der Waals surface area (Å²) in [5, 5.41) is 0. The third kappa shape index (κ3) is 4.52. The molecule has 0 aliphatic rings. The van der Waals surface area contributed by atoms with E-state index in [2.05, 4.69) is 4.72 Å². The Labute approximate surface area is 144 Å². The minimum atomic E-state index is -4.61. The summed E-state index contributed by atoms with van der Waals surface area (Å²) >= 11 is 0. The van der Waals surface area contributed by atoms with Crippen LogP contribution in [-0.2, 0) is 16.2 Å². The molecular formula is C17H18F3NO3S. The van der Waals surface area contributed by atoms with Gasteiger partial charge in [-0.1, -0.05) is 23.8 Å². The Morgan fingerprint density at radius 3 is 2.40 bits per heavy atom. The second-order valence-corrected chi connectivity index (χ2v) is 7.33. The molecule has 0 radical (unpaired) electrons. The average molecular weight is 373 g/mol. The van der Waals surface area contributed by atoms with Gasteiger partial charge >= 0.3 is 6.18 Å². The van der Waals surface area contributed by atoms with E-state index >= 15 is 0 Å². The minimum absolute atomic E-state index is 0.444. The molecule has 1 N–H and O–H groups in total. The Kier molecular flexibility index (Phi) is 5.43. The molecule has 0 aromatic heterocycles. The summed E-state index contributed by atoms with van der Waals surface area (Å²) in [5.41, 5.74) is 0.482. The van der Waals surface area contributed by atoms with Crippen LogP contribution in [0, 0.1) is 6.92 Å². The number of aryl methyl sites for hydroxylation is 1. The van der Waals surface area contributed by atoms with Crippen LogP contribution in [0.1, 0.15) is 29.7 Å². The Morgan fingerprint density at radius 2 is 1.80 bits per heavy atom. The predicted molar refractivity (Wildman–Crippen MR) is 87.9 cm³/mol. The van der Waals surface area contributed by atoms with E-state index in [-0.39, 0.29) is 0 Å². The molecule has 1 unspecified atom stereocenters. The lowest BCUT2D eigenvalue weighted by Gasteiger charge is -2.18. The number of alkyl halides is 3. The monoisotopic (exact) mass is 373 g/mol. The van der Waals surface area contributed by atoms with Crippen molar-refractivity contribution >= 4 is 10.0 Å². The molecule has 25 heavy (non-hydrogen) atoms. The first kappa shape index (κ1) is 19.3. The molecule has 0 saturated heterocycles. The van der Waals surface area contributed by atoms with Gasteiger partial charge in [-0.15, -0.1) is 0 Å². The zero-order valence-corrected chi connectivity index (χ0v) is 14.7. The summed E-state index contributed by atoms with van der Waals surface area (Å²) in [6.07, 6.45) is -4.61. The van der Waals surface area contributed by atoms with Gasteiger partial charge < -0.3 is 4.74 Å². The Bertz CT molecular complexity index is 864. The number of rotatable bonds is 5. The van der Waals surface area contributed by atoms with Crippen molar-refractivity contribution in [1.82, 2.24) is 4.72 Å². The first-order chi connectivity index (χ1) is 11.5. The Hall–Kier alpha value is -2.06. The highest BCUT2D eigenvalue weighted by atomic mass is 32.2. The molecule has 0 heterocycles. The van der Waals surface area contributed by atoms with Crippen LogP contribution >= 0.6 is 0 Å². The highest BCUT2D eigenvalue weighted by molar-refractivity contribution is 7.89. The maximum absolute atomic E-state index is 12.8. The lowest BCUT2D eigenvalue weighted by molar-refractivity contribution is -0.137. The fourth-order valence-electron chi connectivity index (χ4n) is 2.40. The molecule has 8 heteroatoms. The molecule has 2 aromatic carbocycles. The number of hydrogen-bond donors (Lipinski definition) is 1. The molecule has 2 aromatic rings. The first-order valence-electron chi connectivity index (χ1n) is 7.39. The molecular weight excluding hydrogens is 355 g/mol. The van der Waals surface area contributed by atoms with Crippen molar-refractivity contribution in [1.29, 1.82) is 0 Å². The molecule has 0 saturated carbocycles. The summed E-state index contributed by atoms with van der Waals surface area (Å²) in [7, 11) is -2.67. The Morgan fingerprint density at radius 1 is 1.12 bits per heavy atom. The van der Waals surface area contributed by atoms with E-state index in [9.17, 15) is 21.6 Å². The summed E-state index contributed by atoms with van der Waals surface area (Å²) in [5.74, 6) is 0.491. The lowest BCUT2D eigenvalue weighted by atomic mass is 10.1.